The van der Waals surface area contributed by atoms with Crippen LogP contribution in [0.1, 0.15) is 27.4 Å². The number of nitrogens with one attached hydrogen (secondary N) is 1. The van der Waals surface area contributed by atoms with Crippen molar-refractivity contribution in [2.75, 3.05) is 6.61 Å². The Balaban J connectivity index is 2.09. The predicted octanol–water partition coefficient (Wildman–Crippen LogP) is 1.26. The van der Waals surface area contributed by atoms with E-state index in [-0.39, 0.29) is 19.1 Å². The first-order valence-corrected chi connectivity index (χ1v) is 6.10. The molecule has 0 atom stereocenters. The Labute approximate surface area is 116 Å². The normalized spacial score (nSPS) is 9.70. The fourth-order valence-electron chi connectivity index (χ4n) is 1.69. The maximum atomic E-state index is 12.1. The van der Waals surface area contributed by atoms with Crippen molar-refractivity contribution in [2.24, 2.45) is 0 Å². The molecule has 0 unspecified atom stereocenters. The molecule has 2 rings (SSSR count). The molecule has 0 saturated carbocycles. The molecule has 0 fully saturated rings. The molecule has 2 aromatic rings. The number of aliphatic hydroxyl groups is 1. The van der Waals surface area contributed by atoms with Crippen LogP contribution in [0.4, 0.5) is 0 Å². The second-order valence-corrected chi connectivity index (χ2v) is 4.12. The third kappa shape index (κ3) is 3.46. The number of hydrogen-bond donors (Lipinski definition) is 2. The second kappa shape index (κ2) is 6.55. The molecule has 1 heterocycles. The first kappa shape index (κ1) is 13.8. The lowest BCUT2D eigenvalue weighted by Crippen LogP contribution is -2.23. The molecule has 2 N–H and O–H groups in total. The first-order valence-electron chi connectivity index (χ1n) is 6.10. The Bertz CT molecular complexity index is 665. The summed E-state index contributed by atoms with van der Waals surface area (Å²) in [5.74, 6) is 5.63. The first-order chi connectivity index (χ1) is 9.70. The molecule has 102 valence electrons. The molecule has 0 saturated heterocycles. The average molecular weight is 270 g/mol. The minimum Gasteiger partial charge on any atom is -0.384 e. The Morgan fingerprint density at radius 3 is 2.95 bits per heavy atom. The van der Waals surface area contributed by atoms with Crippen LogP contribution in [-0.2, 0) is 6.54 Å². The number of rotatable bonds is 3. The molecular weight excluding hydrogens is 256 g/mol. The highest BCUT2D eigenvalue weighted by molar-refractivity contribution is 5.96. The summed E-state index contributed by atoms with van der Waals surface area (Å²) in [5, 5.41) is 15.2. The van der Waals surface area contributed by atoms with Crippen molar-refractivity contribution in [1.82, 2.24) is 10.5 Å². The number of carbonyl (C=O) groups excluding carboxylic acids is 1. The molecule has 20 heavy (non-hydrogen) atoms. The van der Waals surface area contributed by atoms with E-state index in [1.54, 1.807) is 30.3 Å². The van der Waals surface area contributed by atoms with E-state index in [0.717, 1.165) is 5.69 Å². The summed E-state index contributed by atoms with van der Waals surface area (Å²) >= 11 is 0. The topological polar surface area (TPSA) is 75.4 Å². The summed E-state index contributed by atoms with van der Waals surface area (Å²) in [6.07, 6.45) is 0. The van der Waals surface area contributed by atoms with Crippen molar-refractivity contribution >= 4 is 5.91 Å². The van der Waals surface area contributed by atoms with E-state index in [1.807, 2.05) is 6.92 Å². The monoisotopic (exact) mass is 270 g/mol. The van der Waals surface area contributed by atoms with Crippen LogP contribution >= 0.6 is 0 Å². The summed E-state index contributed by atoms with van der Waals surface area (Å²) in [6, 6.07) is 8.73. The van der Waals surface area contributed by atoms with Gasteiger partial charge in [-0.05, 0) is 19.1 Å². The molecule has 5 heteroatoms. The third-order valence-corrected chi connectivity index (χ3v) is 2.57. The van der Waals surface area contributed by atoms with E-state index in [0.29, 0.717) is 16.9 Å². The molecular formula is C15H14N2O3. The van der Waals surface area contributed by atoms with Crippen molar-refractivity contribution in [3.63, 3.8) is 0 Å². The van der Waals surface area contributed by atoms with Crippen LogP contribution in [0.5, 0.6) is 0 Å². The zero-order valence-corrected chi connectivity index (χ0v) is 11.0. The maximum absolute atomic E-state index is 12.1. The quantitative estimate of drug-likeness (QED) is 0.823. The number of aliphatic hydroxyl groups excluding tert-OH is 1. The molecule has 0 radical (unpaired) electrons. The van der Waals surface area contributed by atoms with Gasteiger partial charge in [0.05, 0.1) is 17.8 Å². The van der Waals surface area contributed by atoms with Crippen molar-refractivity contribution in [3.05, 3.63) is 52.9 Å². The van der Waals surface area contributed by atoms with E-state index in [9.17, 15) is 4.79 Å². The van der Waals surface area contributed by atoms with E-state index in [4.69, 9.17) is 9.63 Å². The largest absolute Gasteiger partial charge is 0.384 e. The Morgan fingerprint density at radius 1 is 1.45 bits per heavy atom. The lowest BCUT2D eigenvalue weighted by Gasteiger charge is -2.05. The molecule has 0 aliphatic rings. The number of hydrogen-bond acceptors (Lipinski definition) is 4. The summed E-state index contributed by atoms with van der Waals surface area (Å²) in [6.45, 7) is 1.84. The van der Waals surface area contributed by atoms with Gasteiger partial charge in [-0.25, -0.2) is 0 Å². The molecule has 1 amide bonds. The fourth-order valence-corrected chi connectivity index (χ4v) is 1.69. The number of carbonyl (C=O) groups is 1. The van der Waals surface area contributed by atoms with Gasteiger partial charge < -0.3 is 14.9 Å². The summed E-state index contributed by atoms with van der Waals surface area (Å²) < 4.78 is 5.02. The van der Waals surface area contributed by atoms with E-state index in [1.165, 1.54) is 0 Å². The predicted molar refractivity (Wildman–Crippen MR) is 72.8 cm³/mol. The van der Waals surface area contributed by atoms with Gasteiger partial charge in [0.1, 0.15) is 6.61 Å². The minimum absolute atomic E-state index is 0.243. The second-order valence-electron chi connectivity index (χ2n) is 4.12. The highest BCUT2D eigenvalue weighted by atomic mass is 16.5. The Kier molecular flexibility index (Phi) is 4.53. The van der Waals surface area contributed by atoms with E-state index < -0.39 is 0 Å². The van der Waals surface area contributed by atoms with Gasteiger partial charge in [0.15, 0.2) is 5.76 Å². The van der Waals surface area contributed by atoms with Gasteiger partial charge in [0, 0.05) is 11.6 Å². The third-order valence-electron chi connectivity index (χ3n) is 2.57. The fraction of sp³-hybridized carbons (Fsp3) is 0.200. The highest BCUT2D eigenvalue weighted by Gasteiger charge is 2.10. The number of nitrogens with zero attached hydrogens (tertiary/aromatic N) is 1. The van der Waals surface area contributed by atoms with Crippen molar-refractivity contribution in [1.29, 1.82) is 0 Å². The average Bonchev–Trinajstić information content (AvgIpc) is 2.88. The summed E-state index contributed by atoms with van der Waals surface area (Å²) in [5.41, 5.74) is 1.81. The van der Waals surface area contributed by atoms with E-state index >= 15 is 0 Å². The van der Waals surface area contributed by atoms with Crippen molar-refractivity contribution in [3.8, 4) is 11.8 Å². The Hall–Kier alpha value is -2.58. The lowest BCUT2D eigenvalue weighted by atomic mass is 10.1. The van der Waals surface area contributed by atoms with Gasteiger partial charge >= 0.3 is 0 Å². The van der Waals surface area contributed by atoms with Gasteiger partial charge in [-0.2, -0.15) is 0 Å². The number of benzene rings is 1. The molecule has 1 aromatic heterocycles. The molecule has 0 bridgehead atoms. The van der Waals surface area contributed by atoms with Crippen LogP contribution in [-0.4, -0.2) is 22.8 Å². The van der Waals surface area contributed by atoms with Gasteiger partial charge in [0.25, 0.3) is 5.91 Å². The van der Waals surface area contributed by atoms with Gasteiger partial charge in [-0.15, -0.1) is 0 Å². The Morgan fingerprint density at radius 2 is 2.25 bits per heavy atom. The minimum atomic E-state index is -0.248. The summed E-state index contributed by atoms with van der Waals surface area (Å²) in [4.78, 5) is 12.1. The van der Waals surface area contributed by atoms with Crippen molar-refractivity contribution in [2.45, 2.75) is 13.5 Å². The zero-order chi connectivity index (χ0) is 14.4. The van der Waals surface area contributed by atoms with Crippen LogP contribution in [0.15, 0.2) is 34.9 Å². The van der Waals surface area contributed by atoms with Crippen LogP contribution in [0.3, 0.4) is 0 Å². The highest BCUT2D eigenvalue weighted by Crippen LogP contribution is 2.08. The lowest BCUT2D eigenvalue weighted by molar-refractivity contribution is 0.0947. The van der Waals surface area contributed by atoms with E-state index in [2.05, 4.69) is 22.3 Å². The standard InChI is InChI=1S/C15H14N2O3/c1-11-9-13(20-17-11)10-16-15(19)14-7-3-2-5-12(14)6-4-8-18/h2-3,5,7,9,18H,8,10H2,1H3,(H,16,19). The van der Waals surface area contributed by atoms with Gasteiger partial charge in [0.2, 0.25) is 0 Å². The molecule has 1 aromatic carbocycles. The number of amides is 1. The smallest absolute Gasteiger partial charge is 0.252 e. The number of aryl methyl sites for hydroxylation is 1. The summed E-state index contributed by atoms with van der Waals surface area (Å²) in [7, 11) is 0. The van der Waals surface area contributed by atoms with Gasteiger partial charge in [-0.1, -0.05) is 29.1 Å². The maximum Gasteiger partial charge on any atom is 0.252 e. The van der Waals surface area contributed by atoms with Crippen LogP contribution in [0.25, 0.3) is 0 Å². The van der Waals surface area contributed by atoms with Crippen LogP contribution in [0, 0.1) is 18.8 Å². The SMILES string of the molecule is Cc1cc(CNC(=O)c2ccccc2C#CCO)on1. The molecule has 0 aliphatic carbocycles. The molecule has 0 aliphatic heterocycles. The molecule has 0 spiro atoms. The van der Waals surface area contributed by atoms with Crippen LogP contribution < -0.4 is 5.32 Å². The zero-order valence-electron chi connectivity index (χ0n) is 11.0. The molecule has 5 nitrogen and oxygen atoms in total. The van der Waals surface area contributed by atoms with Crippen molar-refractivity contribution < 1.29 is 14.4 Å². The van der Waals surface area contributed by atoms with Gasteiger partial charge in [-0.3, -0.25) is 4.79 Å². The van der Waals surface area contributed by atoms with Crippen LogP contribution in [0.2, 0.25) is 0 Å². The number of aromatic nitrogens is 1.